The lowest BCUT2D eigenvalue weighted by atomic mass is 10.1. The Kier molecular flexibility index (Phi) is 7.49. The summed E-state index contributed by atoms with van der Waals surface area (Å²) in [5.41, 5.74) is 4.08. The zero-order valence-electron chi connectivity index (χ0n) is 15.9. The molecule has 27 heavy (non-hydrogen) atoms. The summed E-state index contributed by atoms with van der Waals surface area (Å²) in [6, 6.07) is 10.7. The summed E-state index contributed by atoms with van der Waals surface area (Å²) < 4.78 is 21.2. The number of nitrogens with one attached hydrogen (secondary N) is 1. The van der Waals surface area contributed by atoms with E-state index in [2.05, 4.69) is 10.5 Å². The maximum atomic E-state index is 12.1. The normalized spacial score (nSPS) is 10.5. The molecule has 0 atom stereocenters. The van der Waals surface area contributed by atoms with E-state index in [4.69, 9.17) is 18.9 Å². The van der Waals surface area contributed by atoms with E-state index in [9.17, 15) is 4.79 Å². The minimum atomic E-state index is -0.239. The van der Waals surface area contributed by atoms with Crippen molar-refractivity contribution in [3.63, 3.8) is 0 Å². The molecule has 0 saturated heterocycles. The summed E-state index contributed by atoms with van der Waals surface area (Å²) in [5, 5.41) is 3.99. The molecule has 0 aromatic heterocycles. The second-order valence-corrected chi connectivity index (χ2v) is 5.50. The van der Waals surface area contributed by atoms with Gasteiger partial charge in [-0.3, -0.25) is 4.79 Å². The third-order valence-corrected chi connectivity index (χ3v) is 3.70. The number of rotatable bonds is 9. The third-order valence-electron chi connectivity index (χ3n) is 3.70. The molecule has 0 unspecified atom stereocenters. The van der Waals surface area contributed by atoms with Gasteiger partial charge in [0, 0.05) is 0 Å². The highest BCUT2D eigenvalue weighted by atomic mass is 16.5. The number of nitrogens with zero attached hydrogens (tertiary/aromatic N) is 1. The molecule has 7 nitrogen and oxygen atoms in total. The number of ether oxygens (including phenoxy) is 4. The summed E-state index contributed by atoms with van der Waals surface area (Å²) in [6.07, 6.45) is 1.72. The van der Waals surface area contributed by atoms with Crippen LogP contribution in [0.25, 0.3) is 0 Å². The highest BCUT2D eigenvalue weighted by Gasteiger charge is 2.08. The molecule has 0 heterocycles. The van der Waals surface area contributed by atoms with Gasteiger partial charge >= 0.3 is 0 Å². The van der Waals surface area contributed by atoms with E-state index >= 15 is 0 Å². The number of amides is 1. The fraction of sp³-hybridized carbons (Fsp3) is 0.300. The topological polar surface area (TPSA) is 78.4 Å². The van der Waals surface area contributed by atoms with Crippen LogP contribution in [-0.2, 0) is 11.2 Å². The summed E-state index contributed by atoms with van der Waals surface area (Å²) in [7, 11) is 4.69. The molecule has 0 aliphatic rings. The summed E-state index contributed by atoms with van der Waals surface area (Å²) in [5.74, 6) is 2.22. The van der Waals surface area contributed by atoms with Crippen LogP contribution in [0.15, 0.2) is 41.5 Å². The largest absolute Gasteiger partial charge is 0.493 e. The average molecular weight is 372 g/mol. The molecular formula is C20H24N2O5. The third kappa shape index (κ3) is 5.64. The van der Waals surface area contributed by atoms with E-state index in [1.807, 2.05) is 19.1 Å². The molecule has 0 radical (unpaired) electrons. The quantitative estimate of drug-likeness (QED) is 0.541. The van der Waals surface area contributed by atoms with Crippen LogP contribution in [-0.4, -0.2) is 40.1 Å². The monoisotopic (exact) mass is 372 g/mol. The van der Waals surface area contributed by atoms with E-state index in [-0.39, 0.29) is 12.3 Å². The zero-order valence-corrected chi connectivity index (χ0v) is 15.9. The molecule has 1 N–H and O–H groups in total. The predicted octanol–water partition coefficient (Wildman–Crippen LogP) is 2.80. The highest BCUT2D eigenvalue weighted by molar-refractivity contribution is 5.84. The van der Waals surface area contributed by atoms with Gasteiger partial charge in [0.2, 0.25) is 5.91 Å². The first-order chi connectivity index (χ1) is 13.1. The molecule has 0 bridgehead atoms. The van der Waals surface area contributed by atoms with Crippen molar-refractivity contribution in [2.75, 3.05) is 27.9 Å². The number of carbonyl (C=O) groups excluding carboxylic acids is 1. The standard InChI is InChI=1S/C20H24N2O5/c1-5-27-17-9-7-15(11-19(17)26-4)13-21-22-20(23)12-14-6-8-16(24-2)18(10-14)25-3/h6-11,13H,5,12H2,1-4H3,(H,22,23). The van der Waals surface area contributed by atoms with Gasteiger partial charge in [-0.05, 0) is 48.4 Å². The van der Waals surface area contributed by atoms with Gasteiger partial charge < -0.3 is 18.9 Å². The number of methoxy groups -OCH3 is 3. The zero-order chi connectivity index (χ0) is 19.6. The van der Waals surface area contributed by atoms with Gasteiger partial charge in [-0.25, -0.2) is 5.43 Å². The van der Waals surface area contributed by atoms with Crippen LogP contribution < -0.4 is 24.4 Å². The van der Waals surface area contributed by atoms with Gasteiger partial charge in [0.05, 0.1) is 40.6 Å². The number of benzene rings is 2. The van der Waals surface area contributed by atoms with E-state index in [0.717, 1.165) is 11.1 Å². The molecule has 1 amide bonds. The van der Waals surface area contributed by atoms with E-state index in [1.54, 1.807) is 51.8 Å². The van der Waals surface area contributed by atoms with Crippen molar-refractivity contribution in [2.45, 2.75) is 13.3 Å². The number of hydrazone groups is 1. The van der Waals surface area contributed by atoms with Crippen LogP contribution in [0.3, 0.4) is 0 Å². The molecule has 2 aromatic rings. The molecule has 144 valence electrons. The molecule has 2 rings (SSSR count). The van der Waals surface area contributed by atoms with Crippen LogP contribution >= 0.6 is 0 Å². The second-order valence-electron chi connectivity index (χ2n) is 5.50. The van der Waals surface area contributed by atoms with Crippen molar-refractivity contribution in [1.29, 1.82) is 0 Å². The minimum absolute atomic E-state index is 0.171. The van der Waals surface area contributed by atoms with Gasteiger partial charge in [0.15, 0.2) is 23.0 Å². The van der Waals surface area contributed by atoms with Crippen LogP contribution in [0.2, 0.25) is 0 Å². The predicted molar refractivity (Wildman–Crippen MR) is 103 cm³/mol. The van der Waals surface area contributed by atoms with Crippen molar-refractivity contribution >= 4 is 12.1 Å². The van der Waals surface area contributed by atoms with Gasteiger partial charge in [-0.15, -0.1) is 0 Å². The number of carbonyl (C=O) groups is 1. The Labute approximate surface area is 158 Å². The van der Waals surface area contributed by atoms with Gasteiger partial charge in [-0.2, -0.15) is 5.10 Å². The van der Waals surface area contributed by atoms with Crippen LogP contribution in [0.4, 0.5) is 0 Å². The summed E-state index contributed by atoms with van der Waals surface area (Å²) in [6.45, 7) is 2.46. The molecule has 2 aromatic carbocycles. The second kappa shape index (κ2) is 10.1. The van der Waals surface area contributed by atoms with Gasteiger partial charge in [-0.1, -0.05) is 6.07 Å². The smallest absolute Gasteiger partial charge is 0.244 e. The maximum absolute atomic E-state index is 12.1. The lowest BCUT2D eigenvalue weighted by Gasteiger charge is -2.09. The first kappa shape index (κ1) is 20.1. The van der Waals surface area contributed by atoms with E-state index in [1.165, 1.54) is 0 Å². The summed E-state index contributed by atoms with van der Waals surface area (Å²) >= 11 is 0. The van der Waals surface area contributed by atoms with Crippen molar-refractivity contribution in [2.24, 2.45) is 5.10 Å². The Hall–Kier alpha value is -3.22. The maximum Gasteiger partial charge on any atom is 0.244 e. The minimum Gasteiger partial charge on any atom is -0.493 e. The van der Waals surface area contributed by atoms with Crippen LogP contribution in [0, 0.1) is 0 Å². The van der Waals surface area contributed by atoms with Crippen LogP contribution in [0.5, 0.6) is 23.0 Å². The molecule has 0 fully saturated rings. The molecule has 0 saturated carbocycles. The molecular weight excluding hydrogens is 348 g/mol. The van der Waals surface area contributed by atoms with Crippen molar-refractivity contribution in [3.8, 4) is 23.0 Å². The Bertz CT molecular complexity index is 805. The first-order valence-corrected chi connectivity index (χ1v) is 8.44. The van der Waals surface area contributed by atoms with Crippen molar-refractivity contribution < 1.29 is 23.7 Å². The SMILES string of the molecule is CCOc1ccc(C=NNC(=O)Cc2ccc(OC)c(OC)c2)cc1OC. The Morgan fingerprint density at radius 1 is 0.963 bits per heavy atom. The lowest BCUT2D eigenvalue weighted by Crippen LogP contribution is -2.19. The Morgan fingerprint density at radius 3 is 2.30 bits per heavy atom. The van der Waals surface area contributed by atoms with Crippen LogP contribution in [0.1, 0.15) is 18.1 Å². The van der Waals surface area contributed by atoms with E-state index < -0.39 is 0 Å². The van der Waals surface area contributed by atoms with Gasteiger partial charge in [0.1, 0.15) is 0 Å². The number of hydrogen-bond acceptors (Lipinski definition) is 6. The fourth-order valence-electron chi connectivity index (χ4n) is 2.43. The van der Waals surface area contributed by atoms with Crippen molar-refractivity contribution in [1.82, 2.24) is 5.43 Å². The fourth-order valence-corrected chi connectivity index (χ4v) is 2.43. The van der Waals surface area contributed by atoms with Crippen molar-refractivity contribution in [3.05, 3.63) is 47.5 Å². The summed E-state index contributed by atoms with van der Waals surface area (Å²) in [4.78, 5) is 12.1. The number of hydrogen-bond donors (Lipinski definition) is 1. The molecule has 0 aliphatic heterocycles. The molecule has 7 heteroatoms. The lowest BCUT2D eigenvalue weighted by molar-refractivity contribution is -0.120. The Morgan fingerprint density at radius 2 is 1.63 bits per heavy atom. The average Bonchev–Trinajstić information content (AvgIpc) is 2.69. The van der Waals surface area contributed by atoms with Gasteiger partial charge in [0.25, 0.3) is 0 Å². The molecule has 0 aliphatic carbocycles. The van der Waals surface area contributed by atoms with E-state index in [0.29, 0.717) is 29.6 Å². The Balaban J connectivity index is 1.97. The highest BCUT2D eigenvalue weighted by Crippen LogP contribution is 2.28. The first-order valence-electron chi connectivity index (χ1n) is 8.44. The molecule has 0 spiro atoms.